The third-order valence-electron chi connectivity index (χ3n) is 3.45. The highest BCUT2D eigenvalue weighted by molar-refractivity contribution is 7.91. The van der Waals surface area contributed by atoms with Crippen molar-refractivity contribution in [1.29, 1.82) is 0 Å². The van der Waals surface area contributed by atoms with E-state index in [4.69, 9.17) is 0 Å². The van der Waals surface area contributed by atoms with Gasteiger partial charge in [-0.1, -0.05) is 12.8 Å². The molecule has 0 bridgehead atoms. The van der Waals surface area contributed by atoms with Crippen LogP contribution in [-0.4, -0.2) is 51.8 Å². The average Bonchev–Trinajstić information content (AvgIpc) is 2.53. The van der Waals surface area contributed by atoms with E-state index in [1.54, 1.807) is 0 Å². The molecule has 0 amide bonds. The Hall–Kier alpha value is -0.180. The lowest BCUT2D eigenvalue weighted by atomic mass is 10.2. The molecule has 0 aliphatic carbocycles. The monoisotopic (exact) mass is 296 g/mol. The van der Waals surface area contributed by atoms with Gasteiger partial charge in [-0.05, 0) is 19.3 Å². The highest BCUT2D eigenvalue weighted by Crippen LogP contribution is 2.16. The van der Waals surface area contributed by atoms with Gasteiger partial charge in [0.1, 0.15) is 0 Å². The average molecular weight is 296 g/mol. The second-order valence-electron chi connectivity index (χ2n) is 5.04. The smallest absolute Gasteiger partial charge is 0.229 e. The Bertz CT molecular complexity index is 478. The molecule has 2 aliphatic rings. The van der Waals surface area contributed by atoms with Gasteiger partial charge in [-0.15, -0.1) is 0 Å². The minimum atomic E-state index is -3.52. The molecule has 0 saturated carbocycles. The second-order valence-corrected chi connectivity index (χ2v) is 8.97. The Kier molecular flexibility index (Phi) is 4.30. The number of hydrogen-bond acceptors (Lipinski definition) is 4. The molecule has 2 saturated heterocycles. The summed E-state index contributed by atoms with van der Waals surface area (Å²) >= 11 is 0. The second kappa shape index (κ2) is 5.44. The first kappa shape index (κ1) is 14.2. The molecule has 0 aromatic heterocycles. The SMILES string of the molecule is O=S1(=O)CCC(NS(=O)(=O)N2CCCCCC2)C1. The van der Waals surface area contributed by atoms with Crippen molar-refractivity contribution >= 4 is 20.0 Å². The van der Waals surface area contributed by atoms with E-state index in [9.17, 15) is 16.8 Å². The van der Waals surface area contributed by atoms with Crippen LogP contribution in [-0.2, 0) is 20.0 Å². The summed E-state index contributed by atoms with van der Waals surface area (Å²) in [4.78, 5) is 0. The lowest BCUT2D eigenvalue weighted by molar-refractivity contribution is 0.409. The number of hydrogen-bond donors (Lipinski definition) is 1. The van der Waals surface area contributed by atoms with Crippen molar-refractivity contribution in [2.24, 2.45) is 0 Å². The minimum Gasteiger partial charge on any atom is -0.229 e. The maximum absolute atomic E-state index is 12.1. The Morgan fingerprint density at radius 3 is 2.17 bits per heavy atom. The van der Waals surface area contributed by atoms with Crippen LogP contribution in [0.4, 0.5) is 0 Å². The van der Waals surface area contributed by atoms with Gasteiger partial charge in [-0.25, -0.2) is 8.42 Å². The Morgan fingerprint density at radius 2 is 1.67 bits per heavy atom. The zero-order valence-electron chi connectivity index (χ0n) is 10.3. The van der Waals surface area contributed by atoms with E-state index in [0.717, 1.165) is 25.7 Å². The van der Waals surface area contributed by atoms with Crippen molar-refractivity contribution in [3.05, 3.63) is 0 Å². The number of sulfone groups is 1. The molecule has 2 heterocycles. The summed E-state index contributed by atoms with van der Waals surface area (Å²) in [6, 6.07) is -0.455. The van der Waals surface area contributed by atoms with E-state index in [-0.39, 0.29) is 11.5 Å². The first-order valence-corrected chi connectivity index (χ1v) is 9.63. The highest BCUT2D eigenvalue weighted by atomic mass is 32.2. The maximum atomic E-state index is 12.1. The lowest BCUT2D eigenvalue weighted by Gasteiger charge is -2.22. The van der Waals surface area contributed by atoms with Crippen LogP contribution in [0.15, 0.2) is 0 Å². The Morgan fingerprint density at radius 1 is 1.06 bits per heavy atom. The van der Waals surface area contributed by atoms with Gasteiger partial charge < -0.3 is 0 Å². The van der Waals surface area contributed by atoms with Crippen molar-refractivity contribution in [2.75, 3.05) is 24.6 Å². The van der Waals surface area contributed by atoms with Gasteiger partial charge in [0.2, 0.25) is 0 Å². The van der Waals surface area contributed by atoms with E-state index >= 15 is 0 Å². The van der Waals surface area contributed by atoms with Crippen LogP contribution in [0.3, 0.4) is 0 Å². The first-order valence-electron chi connectivity index (χ1n) is 6.37. The third kappa shape index (κ3) is 3.66. The molecule has 6 nitrogen and oxygen atoms in total. The highest BCUT2D eigenvalue weighted by Gasteiger charge is 2.33. The van der Waals surface area contributed by atoms with E-state index < -0.39 is 26.1 Å². The molecule has 2 aliphatic heterocycles. The summed E-state index contributed by atoms with van der Waals surface area (Å²) in [5, 5.41) is 0. The largest absolute Gasteiger partial charge is 0.279 e. The van der Waals surface area contributed by atoms with Crippen LogP contribution < -0.4 is 4.72 Å². The van der Waals surface area contributed by atoms with Crippen molar-refractivity contribution in [3.63, 3.8) is 0 Å². The van der Waals surface area contributed by atoms with E-state index in [1.807, 2.05) is 0 Å². The van der Waals surface area contributed by atoms with Crippen molar-refractivity contribution in [2.45, 2.75) is 38.1 Å². The molecule has 1 N–H and O–H groups in total. The maximum Gasteiger partial charge on any atom is 0.279 e. The van der Waals surface area contributed by atoms with E-state index in [2.05, 4.69) is 4.72 Å². The summed E-state index contributed by atoms with van der Waals surface area (Å²) in [7, 11) is -6.57. The van der Waals surface area contributed by atoms with Gasteiger partial charge in [0, 0.05) is 19.1 Å². The van der Waals surface area contributed by atoms with Gasteiger partial charge in [0.05, 0.1) is 11.5 Å². The van der Waals surface area contributed by atoms with E-state index in [1.165, 1.54) is 4.31 Å². The fraction of sp³-hybridized carbons (Fsp3) is 1.00. The Balaban J connectivity index is 1.98. The summed E-state index contributed by atoms with van der Waals surface area (Å²) in [5.41, 5.74) is 0. The quantitative estimate of drug-likeness (QED) is 0.787. The van der Waals surface area contributed by atoms with Crippen molar-refractivity contribution in [3.8, 4) is 0 Å². The fourth-order valence-electron chi connectivity index (χ4n) is 2.46. The zero-order valence-corrected chi connectivity index (χ0v) is 12.0. The standard InChI is InChI=1S/C10H20N2O4S2/c13-17(14)8-5-10(9-17)11-18(15,16)12-6-3-1-2-4-7-12/h10-11H,1-9H2. The number of rotatable bonds is 3. The number of nitrogens with one attached hydrogen (secondary N) is 1. The van der Waals surface area contributed by atoms with E-state index in [0.29, 0.717) is 19.5 Å². The molecule has 0 spiro atoms. The van der Waals surface area contributed by atoms with Crippen LogP contribution in [0.25, 0.3) is 0 Å². The van der Waals surface area contributed by atoms with Crippen LogP contribution in [0, 0.1) is 0 Å². The van der Waals surface area contributed by atoms with Gasteiger partial charge in [-0.3, -0.25) is 0 Å². The molecule has 106 valence electrons. The van der Waals surface area contributed by atoms with Gasteiger partial charge in [-0.2, -0.15) is 17.4 Å². The molecular weight excluding hydrogens is 276 g/mol. The molecule has 2 rings (SSSR count). The van der Waals surface area contributed by atoms with Crippen LogP contribution in [0.2, 0.25) is 0 Å². The summed E-state index contributed by atoms with van der Waals surface area (Å²) in [5.74, 6) is 0.0141. The molecular formula is C10H20N2O4S2. The summed E-state index contributed by atoms with van der Waals surface area (Å²) in [6.45, 7) is 1.07. The predicted octanol–water partition coefficient (Wildman–Crippen LogP) is -0.116. The third-order valence-corrected chi connectivity index (χ3v) is 6.90. The van der Waals surface area contributed by atoms with Gasteiger partial charge in [0.15, 0.2) is 9.84 Å². The first-order chi connectivity index (χ1) is 8.39. The van der Waals surface area contributed by atoms with Crippen molar-refractivity contribution < 1.29 is 16.8 Å². The Labute approximate surface area is 109 Å². The van der Waals surface area contributed by atoms with Gasteiger partial charge in [0.25, 0.3) is 10.2 Å². The zero-order chi connectivity index (χ0) is 13.2. The lowest BCUT2D eigenvalue weighted by Crippen LogP contribution is -2.46. The molecule has 1 atom stereocenters. The molecule has 0 radical (unpaired) electrons. The van der Waals surface area contributed by atoms with Crippen LogP contribution >= 0.6 is 0 Å². The molecule has 8 heteroatoms. The fourth-order valence-corrected chi connectivity index (χ4v) is 5.74. The molecule has 1 unspecified atom stereocenters. The minimum absolute atomic E-state index is 0.0694. The predicted molar refractivity (Wildman–Crippen MR) is 69.2 cm³/mol. The number of nitrogens with zero attached hydrogens (tertiary/aromatic N) is 1. The van der Waals surface area contributed by atoms with Gasteiger partial charge >= 0.3 is 0 Å². The van der Waals surface area contributed by atoms with Crippen molar-refractivity contribution in [1.82, 2.24) is 9.03 Å². The van der Waals surface area contributed by atoms with Crippen LogP contribution in [0.5, 0.6) is 0 Å². The molecule has 18 heavy (non-hydrogen) atoms. The summed E-state index contributed by atoms with van der Waals surface area (Å²) < 4.78 is 50.8. The summed E-state index contributed by atoms with van der Waals surface area (Å²) in [6.07, 6.45) is 4.26. The topological polar surface area (TPSA) is 83.5 Å². The molecule has 2 fully saturated rings. The molecule has 0 aromatic rings. The molecule has 0 aromatic carbocycles. The normalized spacial score (nSPS) is 30.1. The van der Waals surface area contributed by atoms with Crippen LogP contribution in [0.1, 0.15) is 32.1 Å².